The van der Waals surface area contributed by atoms with Crippen molar-refractivity contribution < 1.29 is 23.0 Å². The molecule has 0 heterocycles. The molecule has 122 valence electrons. The Hall–Kier alpha value is -2.40. The zero-order chi connectivity index (χ0) is 16.7. The molecule has 0 aromatic heterocycles. The van der Waals surface area contributed by atoms with E-state index >= 15 is 0 Å². The van der Waals surface area contributed by atoms with Crippen LogP contribution in [0.25, 0.3) is 6.08 Å². The van der Waals surface area contributed by atoms with Crippen molar-refractivity contribution in [2.45, 2.75) is 6.61 Å². The van der Waals surface area contributed by atoms with E-state index in [4.69, 9.17) is 14.2 Å². The Morgan fingerprint density at radius 1 is 0.913 bits per heavy atom. The first kappa shape index (κ1) is 17.0. The minimum atomic E-state index is -1.07. The summed E-state index contributed by atoms with van der Waals surface area (Å²) < 4.78 is 43.1. The monoisotopic (exact) mass is 320 g/mol. The van der Waals surface area contributed by atoms with E-state index in [9.17, 15) is 8.78 Å². The number of hydrogen-bond donors (Lipinski definition) is 0. The molecule has 2 rings (SSSR count). The van der Waals surface area contributed by atoms with Gasteiger partial charge in [0.1, 0.15) is 13.2 Å². The molecule has 5 heteroatoms. The van der Waals surface area contributed by atoms with Crippen LogP contribution in [0.5, 0.6) is 11.5 Å². The summed E-state index contributed by atoms with van der Waals surface area (Å²) in [4.78, 5) is 0. The normalized spacial score (nSPS) is 10.4. The predicted octanol–water partition coefficient (Wildman–Crippen LogP) is 4.21. The molecule has 0 fully saturated rings. The summed E-state index contributed by atoms with van der Waals surface area (Å²) in [6.45, 7) is 4.24. The molecule has 0 bridgehead atoms. The first-order valence-corrected chi connectivity index (χ1v) is 7.09. The molecule has 2 aromatic rings. The van der Waals surface area contributed by atoms with Gasteiger partial charge < -0.3 is 14.2 Å². The number of ether oxygens (including phenoxy) is 3. The van der Waals surface area contributed by atoms with E-state index in [2.05, 4.69) is 6.58 Å². The van der Waals surface area contributed by atoms with Gasteiger partial charge in [-0.05, 0) is 23.3 Å². The average Bonchev–Trinajstić information content (AvgIpc) is 2.58. The van der Waals surface area contributed by atoms with Crippen LogP contribution in [0.3, 0.4) is 0 Å². The van der Waals surface area contributed by atoms with Gasteiger partial charge in [0.15, 0.2) is 11.5 Å². The predicted molar refractivity (Wildman–Crippen MR) is 84.6 cm³/mol. The molecule has 0 radical (unpaired) electrons. The molecule has 0 spiro atoms. The van der Waals surface area contributed by atoms with Gasteiger partial charge in [-0.25, -0.2) is 0 Å². The van der Waals surface area contributed by atoms with Crippen LogP contribution in [0.2, 0.25) is 0 Å². The van der Waals surface area contributed by atoms with Crippen LogP contribution in [-0.2, 0) is 11.3 Å². The van der Waals surface area contributed by atoms with Gasteiger partial charge >= 0.3 is 0 Å². The Morgan fingerprint density at radius 2 is 1.52 bits per heavy atom. The first-order valence-electron chi connectivity index (χ1n) is 7.09. The van der Waals surface area contributed by atoms with Crippen LogP contribution < -0.4 is 9.47 Å². The molecule has 2 aromatic carbocycles. The van der Waals surface area contributed by atoms with Crippen molar-refractivity contribution >= 4 is 6.08 Å². The minimum absolute atomic E-state index is 0.137. The number of methoxy groups -OCH3 is 1. The number of rotatable bonds is 8. The Labute approximate surface area is 134 Å². The Morgan fingerprint density at radius 3 is 2.09 bits per heavy atom. The van der Waals surface area contributed by atoms with Crippen LogP contribution in [-0.4, -0.2) is 20.3 Å². The lowest BCUT2D eigenvalue weighted by molar-refractivity contribution is 0.143. The molecule has 0 amide bonds. The Bertz CT molecular complexity index is 654. The molecule has 0 saturated carbocycles. The van der Waals surface area contributed by atoms with Gasteiger partial charge in [-0.3, -0.25) is 0 Å². The van der Waals surface area contributed by atoms with Crippen molar-refractivity contribution in [3.05, 3.63) is 65.7 Å². The number of benzene rings is 2. The van der Waals surface area contributed by atoms with Gasteiger partial charge in [-0.15, -0.1) is 0 Å². The summed E-state index contributed by atoms with van der Waals surface area (Å²) in [5, 5.41) is 0. The SMILES string of the molecule is C=Cc1ccc(COc2ccc(OCCOC)c(F)c2F)cc1. The van der Waals surface area contributed by atoms with Gasteiger partial charge in [-0.2, -0.15) is 8.78 Å². The average molecular weight is 320 g/mol. The summed E-state index contributed by atoms with van der Waals surface area (Å²) in [6.07, 6.45) is 1.72. The Balaban J connectivity index is 2.02. The van der Waals surface area contributed by atoms with Gasteiger partial charge in [0.25, 0.3) is 0 Å². The van der Waals surface area contributed by atoms with Crippen molar-refractivity contribution in [1.82, 2.24) is 0 Å². The molecular formula is C18H18F2O3. The Kier molecular flexibility index (Phi) is 6.11. The second-order valence-corrected chi connectivity index (χ2v) is 4.77. The van der Waals surface area contributed by atoms with Crippen molar-refractivity contribution in [1.29, 1.82) is 0 Å². The second-order valence-electron chi connectivity index (χ2n) is 4.77. The highest BCUT2D eigenvalue weighted by Gasteiger charge is 2.15. The van der Waals surface area contributed by atoms with E-state index in [1.54, 1.807) is 6.08 Å². The summed E-state index contributed by atoms with van der Waals surface area (Å²) in [5.41, 5.74) is 1.82. The highest BCUT2D eigenvalue weighted by atomic mass is 19.2. The molecule has 0 aliphatic heterocycles. The molecule has 0 saturated heterocycles. The summed E-state index contributed by atoms with van der Waals surface area (Å²) in [7, 11) is 1.50. The zero-order valence-electron chi connectivity index (χ0n) is 12.9. The van der Waals surface area contributed by atoms with E-state index in [1.165, 1.54) is 19.2 Å². The molecule has 3 nitrogen and oxygen atoms in total. The van der Waals surface area contributed by atoms with Crippen LogP contribution in [0.15, 0.2) is 43.0 Å². The third kappa shape index (κ3) is 4.53. The molecular weight excluding hydrogens is 302 g/mol. The fraction of sp³-hybridized carbons (Fsp3) is 0.222. The molecule has 0 aliphatic carbocycles. The van der Waals surface area contributed by atoms with E-state index in [-0.39, 0.29) is 24.7 Å². The highest BCUT2D eigenvalue weighted by molar-refractivity contribution is 5.47. The fourth-order valence-electron chi connectivity index (χ4n) is 1.88. The fourth-order valence-corrected chi connectivity index (χ4v) is 1.88. The van der Waals surface area contributed by atoms with Crippen molar-refractivity contribution in [3.63, 3.8) is 0 Å². The number of halogens is 2. The lowest BCUT2D eigenvalue weighted by atomic mass is 10.1. The summed E-state index contributed by atoms with van der Waals surface area (Å²) in [5.74, 6) is -2.46. The van der Waals surface area contributed by atoms with E-state index in [0.717, 1.165) is 11.1 Å². The summed E-state index contributed by atoms with van der Waals surface area (Å²) >= 11 is 0. The molecule has 23 heavy (non-hydrogen) atoms. The summed E-state index contributed by atoms with van der Waals surface area (Å²) in [6, 6.07) is 10.1. The second kappa shape index (κ2) is 8.29. The maximum absolute atomic E-state index is 14.0. The zero-order valence-corrected chi connectivity index (χ0v) is 12.9. The first-order chi connectivity index (χ1) is 11.2. The maximum atomic E-state index is 14.0. The van der Waals surface area contributed by atoms with E-state index in [1.807, 2.05) is 24.3 Å². The van der Waals surface area contributed by atoms with Gasteiger partial charge in [0.05, 0.1) is 6.61 Å². The third-order valence-corrected chi connectivity index (χ3v) is 3.17. The highest BCUT2D eigenvalue weighted by Crippen LogP contribution is 2.28. The lowest BCUT2D eigenvalue weighted by Gasteiger charge is -2.11. The van der Waals surface area contributed by atoms with E-state index < -0.39 is 11.6 Å². The number of hydrogen-bond acceptors (Lipinski definition) is 3. The van der Waals surface area contributed by atoms with Gasteiger partial charge in [0.2, 0.25) is 11.6 Å². The van der Waals surface area contributed by atoms with Crippen LogP contribution in [0.4, 0.5) is 8.78 Å². The molecule has 0 aliphatic rings. The topological polar surface area (TPSA) is 27.7 Å². The quantitative estimate of drug-likeness (QED) is 0.682. The smallest absolute Gasteiger partial charge is 0.204 e. The largest absolute Gasteiger partial charge is 0.488 e. The standard InChI is InChI=1S/C18H18F2O3/c1-3-13-4-6-14(7-5-13)12-23-16-9-8-15(17(19)18(16)20)22-11-10-21-2/h3-9H,1,10-12H2,2H3. The minimum Gasteiger partial charge on any atom is -0.488 e. The third-order valence-electron chi connectivity index (χ3n) is 3.17. The molecule has 0 unspecified atom stereocenters. The van der Waals surface area contributed by atoms with Crippen LogP contribution in [0.1, 0.15) is 11.1 Å². The van der Waals surface area contributed by atoms with Crippen molar-refractivity contribution in [2.75, 3.05) is 20.3 Å². The maximum Gasteiger partial charge on any atom is 0.204 e. The lowest BCUT2D eigenvalue weighted by Crippen LogP contribution is -2.07. The van der Waals surface area contributed by atoms with E-state index in [0.29, 0.717) is 6.61 Å². The van der Waals surface area contributed by atoms with Crippen molar-refractivity contribution in [2.24, 2.45) is 0 Å². The van der Waals surface area contributed by atoms with Crippen molar-refractivity contribution in [3.8, 4) is 11.5 Å². The van der Waals surface area contributed by atoms with Gasteiger partial charge in [-0.1, -0.05) is 36.9 Å². The van der Waals surface area contributed by atoms with Crippen LogP contribution >= 0.6 is 0 Å². The molecule has 0 N–H and O–H groups in total. The van der Waals surface area contributed by atoms with Gasteiger partial charge in [0, 0.05) is 7.11 Å². The van der Waals surface area contributed by atoms with Crippen LogP contribution in [0, 0.1) is 11.6 Å². The molecule has 0 atom stereocenters.